The SMILES string of the molecule is COC(=O)C1=C(C)N(c2ccccc2)C(=S)NC1c1cc(OC)c(OC)cc1Br. The van der Waals surface area contributed by atoms with Crippen LogP contribution in [0, 0.1) is 0 Å². The van der Waals surface area contributed by atoms with Crippen LogP contribution in [0.4, 0.5) is 5.69 Å². The van der Waals surface area contributed by atoms with Gasteiger partial charge in [-0.15, -0.1) is 0 Å². The van der Waals surface area contributed by atoms with Crippen molar-refractivity contribution in [1.82, 2.24) is 5.32 Å². The third kappa shape index (κ3) is 3.95. The molecule has 0 bridgehead atoms. The fourth-order valence-corrected chi connectivity index (χ4v) is 4.24. The van der Waals surface area contributed by atoms with Crippen LogP contribution >= 0.6 is 28.1 Å². The molecule has 3 rings (SSSR count). The van der Waals surface area contributed by atoms with Gasteiger partial charge in [-0.3, -0.25) is 4.90 Å². The van der Waals surface area contributed by atoms with Gasteiger partial charge in [0.15, 0.2) is 16.6 Å². The van der Waals surface area contributed by atoms with Gasteiger partial charge in [0.1, 0.15) is 0 Å². The Morgan fingerprint density at radius 1 is 1.10 bits per heavy atom. The standard InChI is InChI=1S/C21H21BrN2O4S/c1-12-18(20(25)28-4)19(14-10-16(26-2)17(27-3)11-15(14)22)23-21(29)24(12)13-8-6-5-7-9-13/h5-11,19H,1-4H3,(H,23,29). The summed E-state index contributed by atoms with van der Waals surface area (Å²) in [5, 5.41) is 3.76. The molecular weight excluding hydrogens is 456 g/mol. The van der Waals surface area contributed by atoms with Crippen molar-refractivity contribution in [2.45, 2.75) is 13.0 Å². The Kier molecular flexibility index (Phi) is 6.44. The number of hydrogen-bond donors (Lipinski definition) is 1. The number of esters is 1. The Bertz CT molecular complexity index is 978. The van der Waals surface area contributed by atoms with E-state index in [0.717, 1.165) is 15.7 Å². The lowest BCUT2D eigenvalue weighted by Gasteiger charge is -2.37. The number of nitrogens with one attached hydrogen (secondary N) is 1. The monoisotopic (exact) mass is 476 g/mol. The molecule has 0 amide bonds. The Morgan fingerprint density at radius 2 is 1.72 bits per heavy atom. The van der Waals surface area contributed by atoms with E-state index in [-0.39, 0.29) is 0 Å². The lowest BCUT2D eigenvalue weighted by Crippen LogP contribution is -2.48. The number of ether oxygens (including phenoxy) is 3. The van der Waals surface area contributed by atoms with E-state index in [9.17, 15) is 4.79 Å². The third-order valence-electron chi connectivity index (χ3n) is 4.72. The molecular formula is C21H21BrN2O4S. The van der Waals surface area contributed by atoms with Gasteiger partial charge < -0.3 is 19.5 Å². The second-order valence-corrected chi connectivity index (χ2v) is 7.51. The van der Waals surface area contributed by atoms with Crippen LogP contribution in [0.1, 0.15) is 18.5 Å². The second-order valence-electron chi connectivity index (χ2n) is 6.27. The molecule has 1 aliphatic rings. The number of rotatable bonds is 5. The van der Waals surface area contributed by atoms with Gasteiger partial charge in [0.25, 0.3) is 0 Å². The number of anilines is 1. The van der Waals surface area contributed by atoms with Crippen molar-refractivity contribution in [1.29, 1.82) is 0 Å². The molecule has 0 saturated carbocycles. The molecule has 0 fully saturated rings. The van der Waals surface area contributed by atoms with Crippen LogP contribution in [0.3, 0.4) is 0 Å². The van der Waals surface area contributed by atoms with Gasteiger partial charge in [-0.05, 0) is 49.0 Å². The number of halogens is 1. The zero-order valence-electron chi connectivity index (χ0n) is 16.5. The normalized spacial score (nSPS) is 16.4. The van der Waals surface area contributed by atoms with E-state index in [1.54, 1.807) is 20.3 Å². The van der Waals surface area contributed by atoms with Crippen LogP contribution < -0.4 is 19.7 Å². The maximum absolute atomic E-state index is 12.8. The molecule has 0 aromatic heterocycles. The Balaban J connectivity index is 2.19. The van der Waals surface area contributed by atoms with Crippen molar-refractivity contribution in [3.05, 3.63) is 63.8 Å². The van der Waals surface area contributed by atoms with Gasteiger partial charge >= 0.3 is 5.97 Å². The van der Waals surface area contributed by atoms with E-state index >= 15 is 0 Å². The lowest BCUT2D eigenvalue weighted by atomic mass is 9.94. The summed E-state index contributed by atoms with van der Waals surface area (Å²) in [5.74, 6) is 0.684. The summed E-state index contributed by atoms with van der Waals surface area (Å²) in [4.78, 5) is 14.6. The first-order valence-corrected chi connectivity index (χ1v) is 9.99. The van der Waals surface area contributed by atoms with Gasteiger partial charge in [0, 0.05) is 15.9 Å². The quantitative estimate of drug-likeness (QED) is 0.508. The number of carbonyl (C=O) groups excluding carboxylic acids is 1. The zero-order chi connectivity index (χ0) is 21.1. The summed E-state index contributed by atoms with van der Waals surface area (Å²) in [5.41, 5.74) is 2.78. The van der Waals surface area contributed by atoms with Gasteiger partial charge in [0.05, 0.1) is 32.9 Å². The van der Waals surface area contributed by atoms with Gasteiger partial charge in [-0.25, -0.2) is 4.79 Å². The number of methoxy groups -OCH3 is 3. The highest BCUT2D eigenvalue weighted by molar-refractivity contribution is 9.10. The second kappa shape index (κ2) is 8.84. The first kappa shape index (κ1) is 21.1. The van der Waals surface area contributed by atoms with Crippen molar-refractivity contribution in [2.75, 3.05) is 26.2 Å². The average Bonchev–Trinajstić information content (AvgIpc) is 2.73. The smallest absolute Gasteiger partial charge is 0.337 e. The first-order chi connectivity index (χ1) is 13.9. The van der Waals surface area contributed by atoms with Crippen LogP contribution in [0.2, 0.25) is 0 Å². The van der Waals surface area contributed by atoms with Crippen LogP contribution in [0.25, 0.3) is 0 Å². The van der Waals surface area contributed by atoms with E-state index in [4.69, 9.17) is 26.4 Å². The number of nitrogens with zero attached hydrogens (tertiary/aromatic N) is 1. The fraction of sp³-hybridized carbons (Fsp3) is 0.238. The molecule has 1 unspecified atom stereocenters. The average molecular weight is 477 g/mol. The van der Waals surface area contributed by atoms with Crippen molar-refractivity contribution in [2.24, 2.45) is 0 Å². The maximum atomic E-state index is 12.8. The van der Waals surface area contributed by atoms with Gasteiger partial charge in [-0.1, -0.05) is 34.1 Å². The molecule has 1 atom stereocenters. The topological polar surface area (TPSA) is 60.0 Å². The van der Waals surface area contributed by atoms with Crippen LogP contribution in [0.15, 0.2) is 58.2 Å². The number of carbonyl (C=O) groups is 1. The highest BCUT2D eigenvalue weighted by atomic mass is 79.9. The Morgan fingerprint density at radius 3 is 2.31 bits per heavy atom. The Hall–Kier alpha value is -2.58. The van der Waals surface area contributed by atoms with Crippen LogP contribution in [-0.4, -0.2) is 32.4 Å². The molecule has 6 nitrogen and oxygen atoms in total. The van der Waals surface area contributed by atoms with E-state index in [2.05, 4.69) is 21.2 Å². The molecule has 0 radical (unpaired) electrons. The number of thiocarbonyl (C=S) groups is 1. The minimum absolute atomic E-state index is 0.440. The summed E-state index contributed by atoms with van der Waals surface area (Å²) in [6.07, 6.45) is 0. The van der Waals surface area contributed by atoms with E-state index in [1.807, 2.05) is 48.2 Å². The number of para-hydroxylation sites is 1. The number of hydrogen-bond acceptors (Lipinski definition) is 5. The lowest BCUT2D eigenvalue weighted by molar-refractivity contribution is -0.136. The predicted molar refractivity (Wildman–Crippen MR) is 119 cm³/mol. The molecule has 8 heteroatoms. The predicted octanol–water partition coefficient (Wildman–Crippen LogP) is 4.35. The summed E-state index contributed by atoms with van der Waals surface area (Å²) in [7, 11) is 4.50. The largest absolute Gasteiger partial charge is 0.493 e. The van der Waals surface area contributed by atoms with Gasteiger partial charge in [-0.2, -0.15) is 0 Å². The first-order valence-electron chi connectivity index (χ1n) is 8.79. The molecule has 0 aliphatic carbocycles. The molecule has 1 heterocycles. The summed E-state index contributed by atoms with van der Waals surface area (Å²) in [6, 6.07) is 12.7. The van der Waals surface area contributed by atoms with Crippen molar-refractivity contribution in [3.8, 4) is 11.5 Å². The molecule has 152 valence electrons. The minimum atomic E-state index is -0.524. The molecule has 0 saturated heterocycles. The van der Waals surface area contributed by atoms with E-state index in [0.29, 0.717) is 27.9 Å². The summed E-state index contributed by atoms with van der Waals surface area (Å²) < 4.78 is 16.6. The molecule has 2 aromatic carbocycles. The molecule has 2 aromatic rings. The van der Waals surface area contributed by atoms with Gasteiger partial charge in [0.2, 0.25) is 0 Å². The van der Waals surface area contributed by atoms with E-state index in [1.165, 1.54) is 7.11 Å². The highest BCUT2D eigenvalue weighted by Gasteiger charge is 2.36. The van der Waals surface area contributed by atoms with Crippen molar-refractivity contribution >= 4 is 44.9 Å². The van der Waals surface area contributed by atoms with Crippen LogP contribution in [-0.2, 0) is 9.53 Å². The fourth-order valence-electron chi connectivity index (χ4n) is 3.33. The van der Waals surface area contributed by atoms with Crippen molar-refractivity contribution < 1.29 is 19.0 Å². The third-order valence-corrected chi connectivity index (χ3v) is 5.71. The molecule has 1 aliphatic heterocycles. The molecule has 0 spiro atoms. The van der Waals surface area contributed by atoms with E-state index < -0.39 is 12.0 Å². The van der Waals surface area contributed by atoms with Crippen molar-refractivity contribution in [3.63, 3.8) is 0 Å². The minimum Gasteiger partial charge on any atom is -0.493 e. The zero-order valence-corrected chi connectivity index (χ0v) is 18.9. The summed E-state index contributed by atoms with van der Waals surface area (Å²) in [6.45, 7) is 1.86. The summed E-state index contributed by atoms with van der Waals surface area (Å²) >= 11 is 9.23. The molecule has 29 heavy (non-hydrogen) atoms. The number of benzene rings is 2. The maximum Gasteiger partial charge on any atom is 0.337 e. The Labute approximate surface area is 183 Å². The highest BCUT2D eigenvalue weighted by Crippen LogP contribution is 2.41. The molecule has 1 N–H and O–H groups in total. The van der Waals surface area contributed by atoms with Crippen LogP contribution in [0.5, 0.6) is 11.5 Å². The number of allylic oxidation sites excluding steroid dienone is 1.